The van der Waals surface area contributed by atoms with E-state index in [1.54, 1.807) is 41.3 Å². The van der Waals surface area contributed by atoms with E-state index >= 15 is 0 Å². The van der Waals surface area contributed by atoms with Gasteiger partial charge in [0.2, 0.25) is 5.91 Å². The molecule has 1 aromatic heterocycles. The molecule has 7 heteroatoms. The Morgan fingerprint density at radius 1 is 1.23 bits per heavy atom. The topological polar surface area (TPSA) is 79.3 Å². The van der Waals surface area contributed by atoms with Gasteiger partial charge in [-0.15, -0.1) is 23.1 Å². The normalized spacial score (nSPS) is 14.8. The van der Waals surface area contributed by atoms with Crippen LogP contribution in [-0.2, 0) is 17.8 Å². The van der Waals surface area contributed by atoms with Crippen molar-refractivity contribution in [3.05, 3.63) is 80.1 Å². The summed E-state index contributed by atoms with van der Waals surface area (Å²) in [5.74, 6) is -0.785. The number of amides is 1. The lowest BCUT2D eigenvalue weighted by Gasteiger charge is -2.13. The third-order valence-corrected chi connectivity index (χ3v) is 6.90. The molecule has 158 valence electrons. The van der Waals surface area contributed by atoms with Crippen LogP contribution in [0.4, 0.5) is 0 Å². The summed E-state index contributed by atoms with van der Waals surface area (Å²) in [6.45, 7) is 0.289. The van der Waals surface area contributed by atoms with E-state index in [1.165, 1.54) is 16.5 Å². The fraction of sp³-hybridized carbons (Fsp3) is 0.208. The van der Waals surface area contributed by atoms with E-state index in [9.17, 15) is 9.59 Å². The number of aromatic carboxylic acids is 1. The number of thiazole rings is 1. The number of carboxylic acid groups (broad SMARTS) is 1. The van der Waals surface area contributed by atoms with E-state index in [2.05, 4.69) is 53.0 Å². The summed E-state index contributed by atoms with van der Waals surface area (Å²) in [5.41, 5.74) is 2.26. The highest BCUT2D eigenvalue weighted by Gasteiger charge is 2.15. The van der Waals surface area contributed by atoms with Crippen LogP contribution in [0.5, 0.6) is 0 Å². The van der Waals surface area contributed by atoms with Crippen LogP contribution >= 0.6 is 23.1 Å². The summed E-state index contributed by atoms with van der Waals surface area (Å²) < 4.78 is 1.11. The van der Waals surface area contributed by atoms with Gasteiger partial charge in [-0.1, -0.05) is 36.4 Å². The molecule has 0 saturated heterocycles. The lowest BCUT2D eigenvalue weighted by molar-refractivity contribution is -0.120. The van der Waals surface area contributed by atoms with Gasteiger partial charge in [0.1, 0.15) is 5.01 Å². The van der Waals surface area contributed by atoms with Crippen LogP contribution in [0.1, 0.15) is 38.8 Å². The second-order valence-corrected chi connectivity index (χ2v) is 9.30. The number of carboxylic acids is 1. The van der Waals surface area contributed by atoms with Gasteiger partial charge >= 0.3 is 5.97 Å². The molecular weight excluding hydrogens is 428 g/mol. The molecule has 1 amide bonds. The van der Waals surface area contributed by atoms with Crippen LogP contribution in [0.3, 0.4) is 0 Å². The highest BCUT2D eigenvalue weighted by Crippen LogP contribution is 2.27. The molecule has 0 bridgehead atoms. The minimum Gasteiger partial charge on any atom is -0.478 e. The van der Waals surface area contributed by atoms with Crippen LogP contribution in [0, 0.1) is 0 Å². The second-order valence-electron chi connectivity index (χ2n) is 7.31. The predicted molar refractivity (Wildman–Crippen MR) is 125 cm³/mol. The lowest BCUT2D eigenvalue weighted by Crippen LogP contribution is -2.26. The molecular formula is C24H22N2O3S2. The molecule has 0 fully saturated rings. The zero-order valence-corrected chi connectivity index (χ0v) is 18.6. The molecule has 5 nitrogen and oxygen atoms in total. The maximum absolute atomic E-state index is 12.4. The Balaban J connectivity index is 1.42. The first kappa shape index (κ1) is 21.3. The van der Waals surface area contributed by atoms with Crippen molar-refractivity contribution in [1.82, 2.24) is 10.3 Å². The Morgan fingerprint density at radius 3 is 2.87 bits per heavy atom. The van der Waals surface area contributed by atoms with Gasteiger partial charge < -0.3 is 10.4 Å². The molecule has 0 saturated carbocycles. The van der Waals surface area contributed by atoms with Crippen molar-refractivity contribution in [2.45, 2.75) is 30.2 Å². The van der Waals surface area contributed by atoms with Crippen molar-refractivity contribution >= 4 is 47.1 Å². The molecule has 1 aliphatic rings. The van der Waals surface area contributed by atoms with E-state index < -0.39 is 5.97 Å². The number of carbonyl (C=O) groups is 2. The lowest BCUT2D eigenvalue weighted by atomic mass is 9.93. The van der Waals surface area contributed by atoms with Crippen LogP contribution in [0.2, 0.25) is 0 Å². The molecule has 2 aromatic carbocycles. The molecule has 1 aliphatic carbocycles. The number of hydrogen-bond acceptors (Lipinski definition) is 5. The van der Waals surface area contributed by atoms with Crippen molar-refractivity contribution in [2.24, 2.45) is 0 Å². The summed E-state index contributed by atoms with van der Waals surface area (Å²) >= 11 is 3.30. The highest BCUT2D eigenvalue weighted by atomic mass is 32.2. The quantitative estimate of drug-likeness (QED) is 0.541. The van der Waals surface area contributed by atoms with Crippen molar-refractivity contribution in [1.29, 1.82) is 0 Å². The SMILES string of the molecule is CSc1cccc(C2C=c3sc(CC(=O)NCc4cccc(C(=O)O)c4)nc3=CC2)c1. The minimum absolute atomic E-state index is 0.129. The molecule has 3 aromatic rings. The Kier molecular flexibility index (Phi) is 6.53. The van der Waals surface area contributed by atoms with Crippen molar-refractivity contribution in [3.63, 3.8) is 0 Å². The summed E-state index contributed by atoms with van der Waals surface area (Å²) in [6, 6.07) is 15.2. The number of thioether (sulfide) groups is 1. The first-order valence-electron chi connectivity index (χ1n) is 9.92. The van der Waals surface area contributed by atoms with E-state index in [0.29, 0.717) is 5.92 Å². The molecule has 4 rings (SSSR count). The van der Waals surface area contributed by atoms with Crippen molar-refractivity contribution < 1.29 is 14.7 Å². The summed E-state index contributed by atoms with van der Waals surface area (Å²) in [4.78, 5) is 29.4. The number of nitrogens with one attached hydrogen (secondary N) is 1. The number of benzene rings is 2. The molecule has 0 spiro atoms. The standard InChI is InChI=1S/C24H22N2O3S2/c1-30-19-7-3-5-16(11-19)17-8-9-20-21(12-17)31-23(26-20)13-22(27)25-14-15-4-2-6-18(10-15)24(28)29/h2-7,9-12,17H,8,13-14H2,1H3,(H,25,27)(H,28,29). The third-order valence-electron chi connectivity index (χ3n) is 5.14. The average Bonchev–Trinajstić information content (AvgIpc) is 3.19. The summed E-state index contributed by atoms with van der Waals surface area (Å²) in [7, 11) is 0. The van der Waals surface area contributed by atoms with Crippen molar-refractivity contribution in [3.8, 4) is 0 Å². The number of hydrogen-bond donors (Lipinski definition) is 2. The zero-order chi connectivity index (χ0) is 21.8. The molecule has 31 heavy (non-hydrogen) atoms. The number of aromatic nitrogens is 1. The largest absolute Gasteiger partial charge is 0.478 e. The maximum atomic E-state index is 12.4. The van der Waals surface area contributed by atoms with E-state index in [0.717, 1.165) is 26.9 Å². The van der Waals surface area contributed by atoms with Gasteiger partial charge in [-0.2, -0.15) is 0 Å². The fourth-order valence-electron chi connectivity index (χ4n) is 3.54. The molecule has 2 N–H and O–H groups in total. The second kappa shape index (κ2) is 9.49. The van der Waals surface area contributed by atoms with E-state index in [-0.39, 0.29) is 24.4 Å². The van der Waals surface area contributed by atoms with Crippen LogP contribution in [-0.4, -0.2) is 28.2 Å². The molecule has 1 heterocycles. The fourth-order valence-corrected chi connectivity index (χ4v) is 5.08. The Hall–Kier alpha value is -2.90. The van der Waals surface area contributed by atoms with Gasteiger partial charge in [-0.25, -0.2) is 9.78 Å². The van der Waals surface area contributed by atoms with Gasteiger partial charge in [0.25, 0.3) is 0 Å². The van der Waals surface area contributed by atoms with Gasteiger partial charge in [0.15, 0.2) is 0 Å². The third kappa shape index (κ3) is 5.24. The van der Waals surface area contributed by atoms with Crippen LogP contribution in [0.25, 0.3) is 12.2 Å². The molecule has 0 radical (unpaired) electrons. The van der Waals surface area contributed by atoms with Gasteiger partial charge in [0.05, 0.1) is 21.9 Å². The Morgan fingerprint density at radius 2 is 2.06 bits per heavy atom. The first-order chi connectivity index (χ1) is 15.0. The molecule has 0 aliphatic heterocycles. The smallest absolute Gasteiger partial charge is 0.335 e. The molecule has 1 atom stereocenters. The number of carbonyl (C=O) groups excluding carboxylic acids is 1. The van der Waals surface area contributed by atoms with Crippen LogP contribution in [0.15, 0.2) is 53.4 Å². The zero-order valence-electron chi connectivity index (χ0n) is 17.0. The first-order valence-corrected chi connectivity index (χ1v) is 12.0. The number of rotatable bonds is 7. The minimum atomic E-state index is -0.979. The van der Waals surface area contributed by atoms with E-state index in [4.69, 9.17) is 5.11 Å². The summed E-state index contributed by atoms with van der Waals surface area (Å²) in [5, 5.41) is 13.7. The highest BCUT2D eigenvalue weighted by molar-refractivity contribution is 7.98. The van der Waals surface area contributed by atoms with Crippen LogP contribution < -0.4 is 15.2 Å². The summed E-state index contributed by atoms with van der Waals surface area (Å²) in [6.07, 6.45) is 7.61. The average molecular weight is 451 g/mol. The monoisotopic (exact) mass is 450 g/mol. The van der Waals surface area contributed by atoms with Gasteiger partial charge in [-0.3, -0.25) is 4.79 Å². The molecule has 1 unspecified atom stereocenters. The van der Waals surface area contributed by atoms with E-state index in [1.807, 2.05) is 0 Å². The predicted octanol–water partition coefficient (Wildman–Crippen LogP) is 3.17. The van der Waals surface area contributed by atoms with Gasteiger partial charge in [-0.05, 0) is 48.1 Å². The Bertz CT molecular complexity index is 1250. The Labute approximate surface area is 188 Å². The maximum Gasteiger partial charge on any atom is 0.335 e. The number of fused-ring (bicyclic) bond motifs is 1. The van der Waals surface area contributed by atoms with Crippen molar-refractivity contribution in [2.75, 3.05) is 6.26 Å². The van der Waals surface area contributed by atoms with Gasteiger partial charge in [0, 0.05) is 17.4 Å². The number of nitrogens with zero attached hydrogens (tertiary/aromatic N) is 1.